The third-order valence-corrected chi connectivity index (χ3v) is 8.57. The Balaban J connectivity index is 1.46. The van der Waals surface area contributed by atoms with E-state index >= 15 is 0 Å². The summed E-state index contributed by atoms with van der Waals surface area (Å²) in [5.41, 5.74) is 4.19. The summed E-state index contributed by atoms with van der Waals surface area (Å²) in [6.07, 6.45) is 5.38. The maximum Gasteiger partial charge on any atom is 0.243 e. The lowest BCUT2D eigenvalue weighted by atomic mass is 9.77. The minimum atomic E-state index is -3.60. The van der Waals surface area contributed by atoms with Gasteiger partial charge in [0.2, 0.25) is 10.0 Å². The standard InChI is InChI=1S/C26H25ClN2O2S/c1-29(17-18-6-3-2-4-7-18)32(30,31)21-14-15-25-24(16-21)22-8-5-9-23(22)26(28-25)19-10-12-20(27)13-11-19/h2-8,10-16,22-23,26,28H,9,17H2,1H3. The number of anilines is 1. The SMILES string of the molecule is CN(Cc1ccccc1)S(=O)(=O)c1ccc2c(c1)C1C=CCC1C(c1ccc(Cl)cc1)N2. The summed E-state index contributed by atoms with van der Waals surface area (Å²) in [6, 6.07) is 23.2. The zero-order valence-electron chi connectivity index (χ0n) is 17.8. The van der Waals surface area contributed by atoms with Crippen molar-refractivity contribution in [3.05, 3.63) is 107 Å². The van der Waals surface area contributed by atoms with E-state index in [4.69, 9.17) is 11.6 Å². The minimum Gasteiger partial charge on any atom is -0.378 e. The maximum atomic E-state index is 13.3. The lowest BCUT2D eigenvalue weighted by Gasteiger charge is -2.38. The van der Waals surface area contributed by atoms with Crippen LogP contribution in [0.2, 0.25) is 5.02 Å². The normalized spacial score (nSPS) is 21.8. The average molecular weight is 465 g/mol. The van der Waals surface area contributed by atoms with Crippen LogP contribution in [0, 0.1) is 5.92 Å². The molecule has 0 amide bonds. The second-order valence-corrected chi connectivity index (χ2v) is 11.0. The molecule has 164 valence electrons. The van der Waals surface area contributed by atoms with Gasteiger partial charge in [0, 0.05) is 30.2 Å². The van der Waals surface area contributed by atoms with Crippen LogP contribution in [0.25, 0.3) is 0 Å². The molecular formula is C26H25ClN2O2S. The number of rotatable bonds is 5. The lowest BCUT2D eigenvalue weighted by molar-refractivity contribution is 0.424. The van der Waals surface area contributed by atoms with Crippen LogP contribution in [0.15, 0.2) is 89.8 Å². The molecule has 0 spiro atoms. The van der Waals surface area contributed by atoms with Crippen molar-refractivity contribution in [2.45, 2.75) is 29.8 Å². The third-order valence-electron chi connectivity index (χ3n) is 6.52. The summed E-state index contributed by atoms with van der Waals surface area (Å²) >= 11 is 6.09. The molecule has 3 unspecified atom stereocenters. The van der Waals surface area contributed by atoms with Crippen molar-refractivity contribution in [2.75, 3.05) is 12.4 Å². The van der Waals surface area contributed by atoms with E-state index in [0.717, 1.165) is 28.3 Å². The molecule has 0 fully saturated rings. The predicted molar refractivity (Wildman–Crippen MR) is 129 cm³/mol. The smallest absolute Gasteiger partial charge is 0.243 e. The molecule has 32 heavy (non-hydrogen) atoms. The topological polar surface area (TPSA) is 49.4 Å². The van der Waals surface area contributed by atoms with Crippen LogP contribution >= 0.6 is 11.6 Å². The zero-order chi connectivity index (χ0) is 22.3. The van der Waals surface area contributed by atoms with E-state index in [1.165, 1.54) is 9.87 Å². The third kappa shape index (κ3) is 3.85. The van der Waals surface area contributed by atoms with E-state index < -0.39 is 10.0 Å². The Hall–Kier alpha value is -2.60. The van der Waals surface area contributed by atoms with Gasteiger partial charge in [-0.1, -0.05) is 66.2 Å². The van der Waals surface area contributed by atoms with E-state index in [1.807, 2.05) is 54.6 Å². The summed E-state index contributed by atoms with van der Waals surface area (Å²) in [5.74, 6) is 0.519. The number of fused-ring (bicyclic) bond motifs is 3. The van der Waals surface area contributed by atoms with E-state index in [-0.39, 0.29) is 12.0 Å². The first-order chi connectivity index (χ1) is 15.4. The monoisotopic (exact) mass is 464 g/mol. The van der Waals surface area contributed by atoms with Crippen molar-refractivity contribution >= 4 is 27.3 Å². The molecule has 6 heteroatoms. The summed E-state index contributed by atoms with van der Waals surface area (Å²) < 4.78 is 28.0. The van der Waals surface area contributed by atoms with E-state index in [9.17, 15) is 8.42 Å². The molecule has 4 nitrogen and oxygen atoms in total. The number of benzene rings is 3. The molecule has 0 saturated heterocycles. The molecule has 3 aromatic rings. The number of nitrogens with one attached hydrogen (secondary N) is 1. The number of nitrogens with zero attached hydrogens (tertiary/aromatic N) is 1. The van der Waals surface area contributed by atoms with Crippen molar-refractivity contribution in [2.24, 2.45) is 5.92 Å². The molecule has 0 bridgehead atoms. The van der Waals surface area contributed by atoms with Gasteiger partial charge in [0.1, 0.15) is 0 Å². The Labute approximate surface area is 194 Å². The Kier molecular flexibility index (Phi) is 5.58. The van der Waals surface area contributed by atoms with Gasteiger partial charge in [-0.25, -0.2) is 8.42 Å². The number of allylic oxidation sites excluding steroid dienone is 2. The Morgan fingerprint density at radius 1 is 1.03 bits per heavy atom. The largest absolute Gasteiger partial charge is 0.378 e. The highest BCUT2D eigenvalue weighted by Gasteiger charge is 2.38. The fourth-order valence-corrected chi connectivity index (χ4v) is 6.16. The fraction of sp³-hybridized carbons (Fsp3) is 0.231. The molecule has 1 heterocycles. The van der Waals surface area contributed by atoms with Gasteiger partial charge in [0.15, 0.2) is 0 Å². The molecule has 0 radical (unpaired) electrons. The van der Waals surface area contributed by atoms with Crippen LogP contribution < -0.4 is 5.32 Å². The van der Waals surface area contributed by atoms with Gasteiger partial charge in [-0.3, -0.25) is 0 Å². The fourth-order valence-electron chi connectivity index (χ4n) is 4.84. The van der Waals surface area contributed by atoms with Crippen molar-refractivity contribution in [3.8, 4) is 0 Å². The van der Waals surface area contributed by atoms with E-state index in [2.05, 4.69) is 29.6 Å². The molecule has 3 atom stereocenters. The molecule has 0 aromatic heterocycles. The van der Waals surface area contributed by atoms with Gasteiger partial charge >= 0.3 is 0 Å². The number of hydrogen-bond acceptors (Lipinski definition) is 3. The highest BCUT2D eigenvalue weighted by molar-refractivity contribution is 7.89. The lowest BCUT2D eigenvalue weighted by Crippen LogP contribution is -2.30. The summed E-state index contributed by atoms with van der Waals surface area (Å²) in [5, 5.41) is 4.38. The Morgan fingerprint density at radius 3 is 2.53 bits per heavy atom. The molecule has 3 aromatic carbocycles. The van der Waals surface area contributed by atoms with Crippen molar-refractivity contribution in [1.82, 2.24) is 4.31 Å². The van der Waals surface area contributed by atoms with Gasteiger partial charge in [0.05, 0.1) is 10.9 Å². The predicted octanol–water partition coefficient (Wildman–Crippen LogP) is 5.99. The molecule has 0 saturated carbocycles. The van der Waals surface area contributed by atoms with Crippen LogP contribution in [0.5, 0.6) is 0 Å². The van der Waals surface area contributed by atoms with Crippen molar-refractivity contribution in [3.63, 3.8) is 0 Å². The van der Waals surface area contributed by atoms with Crippen LogP contribution in [0.4, 0.5) is 5.69 Å². The molecular weight excluding hydrogens is 440 g/mol. The van der Waals surface area contributed by atoms with E-state index in [0.29, 0.717) is 17.4 Å². The van der Waals surface area contributed by atoms with Crippen molar-refractivity contribution < 1.29 is 8.42 Å². The number of sulfonamides is 1. The Bertz CT molecular complexity index is 1260. The van der Waals surface area contributed by atoms with Crippen LogP contribution in [0.1, 0.15) is 35.1 Å². The van der Waals surface area contributed by atoms with Crippen LogP contribution in [-0.4, -0.2) is 19.8 Å². The Morgan fingerprint density at radius 2 is 1.78 bits per heavy atom. The molecule has 1 aliphatic carbocycles. The summed E-state index contributed by atoms with van der Waals surface area (Å²) in [7, 11) is -1.97. The quantitative estimate of drug-likeness (QED) is 0.472. The summed E-state index contributed by atoms with van der Waals surface area (Å²) in [4.78, 5) is 0.334. The first-order valence-electron chi connectivity index (χ1n) is 10.8. The minimum absolute atomic E-state index is 0.156. The molecule has 1 aliphatic heterocycles. The second kappa shape index (κ2) is 8.39. The highest BCUT2D eigenvalue weighted by Crippen LogP contribution is 2.50. The van der Waals surface area contributed by atoms with Crippen molar-refractivity contribution in [1.29, 1.82) is 0 Å². The molecule has 5 rings (SSSR count). The van der Waals surface area contributed by atoms with Crippen LogP contribution in [0.3, 0.4) is 0 Å². The van der Waals surface area contributed by atoms with Gasteiger partial charge < -0.3 is 5.32 Å². The second-order valence-electron chi connectivity index (χ2n) is 8.52. The average Bonchev–Trinajstić information content (AvgIpc) is 3.30. The number of hydrogen-bond donors (Lipinski definition) is 1. The first-order valence-corrected chi connectivity index (χ1v) is 12.6. The molecule has 2 aliphatic rings. The van der Waals surface area contributed by atoms with Gasteiger partial charge in [-0.15, -0.1) is 0 Å². The highest BCUT2D eigenvalue weighted by atomic mass is 35.5. The first kappa shape index (κ1) is 21.3. The van der Waals surface area contributed by atoms with Crippen LogP contribution in [-0.2, 0) is 16.6 Å². The van der Waals surface area contributed by atoms with Gasteiger partial charge in [-0.2, -0.15) is 4.31 Å². The molecule has 1 N–H and O–H groups in total. The number of halogens is 1. The van der Waals surface area contributed by atoms with E-state index in [1.54, 1.807) is 13.1 Å². The maximum absolute atomic E-state index is 13.3. The summed E-state index contributed by atoms with van der Waals surface area (Å²) in [6.45, 7) is 0.336. The van der Waals surface area contributed by atoms with Gasteiger partial charge in [-0.05, 0) is 59.4 Å². The van der Waals surface area contributed by atoms with Gasteiger partial charge in [0.25, 0.3) is 0 Å². The zero-order valence-corrected chi connectivity index (χ0v) is 19.4.